The fraction of sp³-hybridized carbons (Fsp3) is 0.733. The van der Waals surface area contributed by atoms with Gasteiger partial charge >= 0.3 is 0 Å². The molecule has 3 heterocycles. The highest BCUT2D eigenvalue weighted by Gasteiger charge is 2.32. The molecule has 2 aliphatic heterocycles. The Morgan fingerprint density at radius 3 is 3.00 bits per heavy atom. The minimum absolute atomic E-state index is 0.0234. The van der Waals surface area contributed by atoms with Crippen molar-refractivity contribution < 1.29 is 14.1 Å². The van der Waals surface area contributed by atoms with E-state index in [4.69, 9.17) is 9.26 Å². The fourth-order valence-electron chi connectivity index (χ4n) is 3.14. The lowest BCUT2D eigenvalue weighted by molar-refractivity contribution is -0.140. The van der Waals surface area contributed by atoms with Crippen LogP contribution >= 0.6 is 0 Å². The Kier molecular flexibility index (Phi) is 4.55. The number of aromatic nitrogens is 1. The first kappa shape index (κ1) is 14.5. The Balaban J connectivity index is 1.55. The zero-order valence-electron chi connectivity index (χ0n) is 12.5. The van der Waals surface area contributed by atoms with Crippen molar-refractivity contribution >= 4 is 5.91 Å². The van der Waals surface area contributed by atoms with Crippen LogP contribution in [0.5, 0.6) is 0 Å². The van der Waals surface area contributed by atoms with E-state index >= 15 is 0 Å². The van der Waals surface area contributed by atoms with Gasteiger partial charge in [-0.05, 0) is 45.7 Å². The van der Waals surface area contributed by atoms with Crippen LogP contribution in [-0.2, 0) is 9.53 Å². The third-order valence-electron chi connectivity index (χ3n) is 4.28. The van der Waals surface area contributed by atoms with Crippen LogP contribution < -0.4 is 5.32 Å². The first-order chi connectivity index (χ1) is 10.2. The van der Waals surface area contributed by atoms with Gasteiger partial charge in [0.1, 0.15) is 6.61 Å². The monoisotopic (exact) mass is 293 g/mol. The number of nitrogens with zero attached hydrogens (tertiary/aromatic N) is 2. The van der Waals surface area contributed by atoms with Crippen LogP contribution in [0.15, 0.2) is 10.6 Å². The van der Waals surface area contributed by atoms with Gasteiger partial charge in [0.2, 0.25) is 5.91 Å². The van der Waals surface area contributed by atoms with Gasteiger partial charge in [-0.2, -0.15) is 0 Å². The second-order valence-corrected chi connectivity index (χ2v) is 5.88. The number of carbonyl (C=O) groups excluding carboxylic acids is 1. The van der Waals surface area contributed by atoms with Gasteiger partial charge in [-0.3, -0.25) is 4.79 Å². The molecule has 0 radical (unpaired) electrons. The van der Waals surface area contributed by atoms with E-state index < -0.39 is 0 Å². The normalized spacial score (nSPS) is 23.7. The number of carbonyl (C=O) groups is 1. The molecular formula is C15H23N3O3. The van der Waals surface area contributed by atoms with Crippen LogP contribution in [0, 0.1) is 6.92 Å². The molecule has 0 spiro atoms. The average molecular weight is 293 g/mol. The van der Waals surface area contributed by atoms with Crippen LogP contribution in [0.3, 0.4) is 0 Å². The van der Waals surface area contributed by atoms with Crippen LogP contribution in [0.4, 0.5) is 0 Å². The van der Waals surface area contributed by atoms with Crippen molar-refractivity contribution in [1.82, 2.24) is 15.4 Å². The molecular weight excluding hydrogens is 270 g/mol. The number of nitrogens with one attached hydrogen (secondary N) is 1. The Morgan fingerprint density at radius 2 is 2.29 bits per heavy atom. The second kappa shape index (κ2) is 6.58. The molecule has 2 fully saturated rings. The number of ether oxygens (including phenoxy) is 1. The summed E-state index contributed by atoms with van der Waals surface area (Å²) in [5.41, 5.74) is 0.857. The van der Waals surface area contributed by atoms with Gasteiger partial charge in [-0.25, -0.2) is 0 Å². The van der Waals surface area contributed by atoms with E-state index in [0.717, 1.165) is 56.8 Å². The molecule has 3 rings (SSSR count). The fourth-order valence-corrected chi connectivity index (χ4v) is 3.14. The van der Waals surface area contributed by atoms with E-state index in [1.165, 1.54) is 0 Å². The number of aryl methyl sites for hydroxylation is 1. The summed E-state index contributed by atoms with van der Waals surface area (Å²) < 4.78 is 11.1. The number of amides is 1. The molecule has 2 saturated heterocycles. The summed E-state index contributed by atoms with van der Waals surface area (Å²) in [5.74, 6) is 0.852. The highest BCUT2D eigenvalue weighted by Crippen LogP contribution is 2.32. The van der Waals surface area contributed by atoms with E-state index in [1.54, 1.807) is 0 Å². The van der Waals surface area contributed by atoms with Crippen molar-refractivity contribution in [3.8, 4) is 0 Å². The van der Waals surface area contributed by atoms with Crippen molar-refractivity contribution in [3.63, 3.8) is 0 Å². The number of rotatable bonds is 4. The standard InChI is InChI=1S/C15H23N3O3/c1-11-9-14(21-17-11)13-3-2-8-18(13)15(19)10-20-12-4-6-16-7-5-12/h9,12-13,16H,2-8,10H2,1H3. The average Bonchev–Trinajstić information content (AvgIpc) is 3.14. The van der Waals surface area contributed by atoms with Crippen LogP contribution in [0.1, 0.15) is 43.2 Å². The third-order valence-corrected chi connectivity index (χ3v) is 4.28. The summed E-state index contributed by atoms with van der Waals surface area (Å²) in [4.78, 5) is 14.3. The van der Waals surface area contributed by atoms with Crippen LogP contribution in [0.25, 0.3) is 0 Å². The summed E-state index contributed by atoms with van der Waals surface area (Å²) in [6.07, 6.45) is 4.12. The molecule has 116 valence electrons. The molecule has 0 bridgehead atoms. The Morgan fingerprint density at radius 1 is 1.48 bits per heavy atom. The van der Waals surface area contributed by atoms with Gasteiger partial charge < -0.3 is 19.5 Å². The summed E-state index contributed by atoms with van der Waals surface area (Å²) in [7, 11) is 0. The van der Waals surface area contributed by atoms with Crippen LogP contribution in [-0.4, -0.2) is 48.3 Å². The molecule has 1 amide bonds. The van der Waals surface area contributed by atoms with Gasteiger partial charge in [0.05, 0.1) is 17.8 Å². The maximum atomic E-state index is 12.4. The quantitative estimate of drug-likeness (QED) is 0.909. The molecule has 21 heavy (non-hydrogen) atoms. The first-order valence-electron chi connectivity index (χ1n) is 7.79. The van der Waals surface area contributed by atoms with E-state index in [1.807, 2.05) is 17.9 Å². The highest BCUT2D eigenvalue weighted by atomic mass is 16.5. The Hall–Kier alpha value is -1.40. The van der Waals surface area contributed by atoms with E-state index in [2.05, 4.69) is 10.5 Å². The minimum atomic E-state index is 0.0234. The van der Waals surface area contributed by atoms with E-state index in [9.17, 15) is 4.79 Å². The van der Waals surface area contributed by atoms with Crippen molar-refractivity contribution in [1.29, 1.82) is 0 Å². The second-order valence-electron chi connectivity index (χ2n) is 5.88. The van der Waals surface area contributed by atoms with Crippen LogP contribution in [0.2, 0.25) is 0 Å². The molecule has 2 aliphatic rings. The number of likely N-dealkylation sites (tertiary alicyclic amines) is 1. The van der Waals surface area contributed by atoms with E-state index in [-0.39, 0.29) is 24.7 Å². The maximum absolute atomic E-state index is 12.4. The van der Waals surface area contributed by atoms with Crippen molar-refractivity contribution in [2.75, 3.05) is 26.2 Å². The van der Waals surface area contributed by atoms with Gasteiger partial charge in [-0.15, -0.1) is 0 Å². The van der Waals surface area contributed by atoms with Crippen molar-refractivity contribution in [2.45, 2.75) is 44.8 Å². The molecule has 0 aliphatic carbocycles. The summed E-state index contributed by atoms with van der Waals surface area (Å²) in [6.45, 7) is 4.80. The molecule has 1 aromatic heterocycles. The lowest BCUT2D eigenvalue weighted by atomic mass is 10.1. The minimum Gasteiger partial charge on any atom is -0.368 e. The van der Waals surface area contributed by atoms with Gasteiger partial charge in [0.15, 0.2) is 5.76 Å². The van der Waals surface area contributed by atoms with Gasteiger partial charge in [-0.1, -0.05) is 5.16 Å². The smallest absolute Gasteiger partial charge is 0.249 e. The summed E-state index contributed by atoms with van der Waals surface area (Å²) in [5, 5.41) is 7.22. The van der Waals surface area contributed by atoms with Crippen molar-refractivity contribution in [3.05, 3.63) is 17.5 Å². The largest absolute Gasteiger partial charge is 0.368 e. The van der Waals surface area contributed by atoms with E-state index in [0.29, 0.717) is 0 Å². The molecule has 1 atom stereocenters. The maximum Gasteiger partial charge on any atom is 0.249 e. The summed E-state index contributed by atoms with van der Waals surface area (Å²) in [6, 6.07) is 1.94. The Bertz CT molecular complexity index is 482. The molecule has 6 nitrogen and oxygen atoms in total. The predicted molar refractivity (Wildman–Crippen MR) is 76.8 cm³/mol. The number of hydrogen-bond acceptors (Lipinski definition) is 5. The summed E-state index contributed by atoms with van der Waals surface area (Å²) >= 11 is 0. The molecule has 0 saturated carbocycles. The molecule has 1 unspecified atom stereocenters. The molecule has 0 aromatic carbocycles. The van der Waals surface area contributed by atoms with Crippen molar-refractivity contribution in [2.24, 2.45) is 0 Å². The molecule has 1 N–H and O–H groups in total. The zero-order chi connectivity index (χ0) is 14.7. The number of hydrogen-bond donors (Lipinski definition) is 1. The number of piperidine rings is 1. The van der Waals surface area contributed by atoms with Gasteiger partial charge in [0, 0.05) is 12.6 Å². The topological polar surface area (TPSA) is 67.6 Å². The first-order valence-corrected chi connectivity index (χ1v) is 7.79. The Labute approximate surface area is 124 Å². The highest BCUT2D eigenvalue weighted by molar-refractivity contribution is 5.78. The lowest BCUT2D eigenvalue weighted by Gasteiger charge is -2.26. The zero-order valence-corrected chi connectivity index (χ0v) is 12.5. The van der Waals surface area contributed by atoms with Gasteiger partial charge in [0.25, 0.3) is 0 Å². The third kappa shape index (κ3) is 3.44. The molecule has 1 aromatic rings. The SMILES string of the molecule is Cc1cc(C2CCCN2C(=O)COC2CCNCC2)on1. The molecule has 6 heteroatoms. The predicted octanol–water partition coefficient (Wildman–Crippen LogP) is 1.42. The lowest BCUT2D eigenvalue weighted by Crippen LogP contribution is -2.37.